The number of anilines is 1. The highest BCUT2D eigenvalue weighted by molar-refractivity contribution is 8.00. The molecule has 13 heteroatoms. The summed E-state index contributed by atoms with van der Waals surface area (Å²) in [5.41, 5.74) is 6.56. The highest BCUT2D eigenvalue weighted by Gasteiger charge is 2.44. The number of H-pyrrole nitrogens is 1. The molecular formula is C36H39N9O3S. The number of carbonyl (C=O) groups excluding carboxylic acids is 2. The average molecular weight is 678 g/mol. The van der Waals surface area contributed by atoms with Crippen LogP contribution in [0.15, 0.2) is 73.2 Å². The summed E-state index contributed by atoms with van der Waals surface area (Å²) in [6.45, 7) is 5.17. The Kier molecular flexibility index (Phi) is 9.19. The Morgan fingerprint density at radius 1 is 1.04 bits per heavy atom. The Labute approximate surface area is 288 Å². The molecule has 0 radical (unpaired) electrons. The van der Waals surface area contributed by atoms with Gasteiger partial charge in [-0.15, -0.1) is 11.8 Å². The van der Waals surface area contributed by atoms with E-state index in [1.807, 2.05) is 67.6 Å². The van der Waals surface area contributed by atoms with Crippen molar-refractivity contribution in [3.8, 4) is 28.5 Å². The van der Waals surface area contributed by atoms with Crippen LogP contribution in [0.1, 0.15) is 25.3 Å². The second-order valence-electron chi connectivity index (χ2n) is 12.4. The normalized spacial score (nSPS) is 18.1. The van der Waals surface area contributed by atoms with Crippen molar-refractivity contribution in [3.63, 3.8) is 0 Å². The number of benzene rings is 2. The van der Waals surface area contributed by atoms with Crippen LogP contribution in [0.4, 0.5) is 5.69 Å². The van der Waals surface area contributed by atoms with Gasteiger partial charge in [0.1, 0.15) is 16.8 Å². The summed E-state index contributed by atoms with van der Waals surface area (Å²) in [6.07, 6.45) is 8.97. The molecule has 0 saturated carbocycles. The van der Waals surface area contributed by atoms with E-state index >= 15 is 0 Å². The number of hydrogen-bond donors (Lipinski definition) is 2. The Hall–Kier alpha value is -5.01. The van der Waals surface area contributed by atoms with E-state index in [0.29, 0.717) is 63.1 Å². The fourth-order valence-corrected chi connectivity index (χ4v) is 7.38. The summed E-state index contributed by atoms with van der Waals surface area (Å²) >= 11 is 1.55. The van der Waals surface area contributed by atoms with Crippen LogP contribution in [0.3, 0.4) is 0 Å². The van der Waals surface area contributed by atoms with Crippen LogP contribution in [0, 0.1) is 0 Å². The zero-order chi connectivity index (χ0) is 34.0. The number of amides is 2. The predicted octanol–water partition coefficient (Wildman–Crippen LogP) is 4.88. The minimum atomic E-state index is -0.655. The van der Waals surface area contributed by atoms with E-state index in [1.165, 1.54) is 5.57 Å². The highest BCUT2D eigenvalue weighted by Crippen LogP contribution is 2.36. The summed E-state index contributed by atoms with van der Waals surface area (Å²) in [7, 11) is 1.86. The molecule has 7 rings (SSSR count). The zero-order valence-electron chi connectivity index (χ0n) is 27.8. The number of aromatic amines is 1. The van der Waals surface area contributed by atoms with E-state index in [9.17, 15) is 9.59 Å². The molecule has 2 N–H and O–H groups in total. The van der Waals surface area contributed by atoms with Gasteiger partial charge < -0.3 is 15.0 Å². The molecule has 252 valence electrons. The molecule has 1 atom stereocenters. The summed E-state index contributed by atoms with van der Waals surface area (Å²) < 4.78 is 6.61. The maximum absolute atomic E-state index is 13.8. The van der Waals surface area contributed by atoms with E-state index in [0.717, 1.165) is 39.7 Å². The second-order valence-corrected chi connectivity index (χ2v) is 13.6. The molecule has 2 aromatic carbocycles. The molecule has 3 aromatic heterocycles. The molecule has 1 saturated heterocycles. The molecule has 0 aliphatic carbocycles. The largest absolute Gasteiger partial charge is 0.478 e. The fraction of sp³-hybridized carbons (Fsp3) is 0.333. The van der Waals surface area contributed by atoms with Crippen molar-refractivity contribution in [2.45, 2.75) is 24.5 Å². The molecule has 5 aromatic rings. The minimum absolute atomic E-state index is 0.0581. The van der Waals surface area contributed by atoms with Crippen molar-refractivity contribution in [2.75, 3.05) is 50.9 Å². The number of pyridine rings is 1. The maximum atomic E-state index is 13.8. The minimum Gasteiger partial charge on any atom is -0.478 e. The predicted molar refractivity (Wildman–Crippen MR) is 192 cm³/mol. The van der Waals surface area contributed by atoms with Gasteiger partial charge in [-0.2, -0.15) is 10.2 Å². The monoisotopic (exact) mass is 677 g/mol. The lowest BCUT2D eigenvalue weighted by atomic mass is 9.98. The molecule has 0 spiro atoms. The lowest BCUT2D eigenvalue weighted by molar-refractivity contribution is -0.132. The summed E-state index contributed by atoms with van der Waals surface area (Å²) in [6, 6.07) is 17.8. The molecule has 1 unspecified atom stereocenters. The van der Waals surface area contributed by atoms with E-state index in [1.54, 1.807) is 29.0 Å². The third kappa shape index (κ3) is 6.81. The molecule has 5 heterocycles. The van der Waals surface area contributed by atoms with Gasteiger partial charge in [-0.25, -0.2) is 9.97 Å². The van der Waals surface area contributed by atoms with Crippen molar-refractivity contribution >= 4 is 45.7 Å². The first-order chi connectivity index (χ1) is 23.8. The molecular weight excluding hydrogens is 639 g/mol. The zero-order valence-corrected chi connectivity index (χ0v) is 28.7. The van der Waals surface area contributed by atoms with Crippen LogP contribution < -0.4 is 10.1 Å². The van der Waals surface area contributed by atoms with Crippen molar-refractivity contribution < 1.29 is 14.3 Å². The number of nitrogens with zero attached hydrogens (tertiary/aromatic N) is 7. The molecule has 49 heavy (non-hydrogen) atoms. The quantitative estimate of drug-likeness (QED) is 0.212. The van der Waals surface area contributed by atoms with Crippen molar-refractivity contribution in [2.24, 2.45) is 7.05 Å². The van der Waals surface area contributed by atoms with Crippen LogP contribution in [0.5, 0.6) is 5.88 Å². The molecule has 12 nitrogen and oxygen atoms in total. The molecule has 1 fully saturated rings. The molecule has 2 amide bonds. The number of aryl methyl sites for hydroxylation is 1. The van der Waals surface area contributed by atoms with Crippen LogP contribution in [0.2, 0.25) is 0 Å². The molecule has 0 bridgehead atoms. The lowest BCUT2D eigenvalue weighted by Crippen LogP contribution is -2.45. The Morgan fingerprint density at radius 3 is 2.61 bits per heavy atom. The van der Waals surface area contributed by atoms with E-state index in [4.69, 9.17) is 4.74 Å². The highest BCUT2D eigenvalue weighted by atomic mass is 32.2. The second kappa shape index (κ2) is 13.8. The number of nitrogens with one attached hydrogen (secondary N) is 2. The van der Waals surface area contributed by atoms with Gasteiger partial charge in [0, 0.05) is 67.7 Å². The van der Waals surface area contributed by atoms with Gasteiger partial charge in [0.2, 0.25) is 17.7 Å². The van der Waals surface area contributed by atoms with Gasteiger partial charge in [-0.05, 0) is 61.4 Å². The average Bonchev–Trinajstić information content (AvgIpc) is 3.87. The lowest BCUT2D eigenvalue weighted by Gasteiger charge is -2.29. The topological polar surface area (TPSA) is 134 Å². The third-order valence-electron chi connectivity index (χ3n) is 9.27. The van der Waals surface area contributed by atoms with Gasteiger partial charge in [0.15, 0.2) is 5.82 Å². The summed E-state index contributed by atoms with van der Waals surface area (Å²) in [5.74, 6) is 1.27. The Bertz CT molecular complexity index is 2020. The number of thioether (sulfide) groups is 1. The van der Waals surface area contributed by atoms with Gasteiger partial charge in [-0.3, -0.25) is 24.3 Å². The Balaban J connectivity index is 0.963. The first kappa shape index (κ1) is 32.5. The van der Waals surface area contributed by atoms with Crippen LogP contribution in [-0.4, -0.2) is 102 Å². The van der Waals surface area contributed by atoms with E-state index in [2.05, 4.69) is 53.7 Å². The third-order valence-corrected chi connectivity index (χ3v) is 10.6. The van der Waals surface area contributed by atoms with Gasteiger partial charge >= 0.3 is 0 Å². The van der Waals surface area contributed by atoms with Gasteiger partial charge in [0.25, 0.3) is 0 Å². The number of fused-ring (bicyclic) bond motifs is 1. The van der Waals surface area contributed by atoms with Crippen molar-refractivity contribution in [1.29, 1.82) is 0 Å². The fourth-order valence-electron chi connectivity index (χ4n) is 6.53. The smallest absolute Gasteiger partial charge is 0.241 e. The number of rotatable bonds is 10. The molecule has 2 aliphatic rings. The van der Waals surface area contributed by atoms with Crippen LogP contribution >= 0.6 is 11.8 Å². The van der Waals surface area contributed by atoms with E-state index in [-0.39, 0.29) is 11.8 Å². The van der Waals surface area contributed by atoms with Crippen LogP contribution in [-0.2, 0) is 16.6 Å². The number of hydrogen-bond acceptors (Lipinski definition) is 9. The number of ether oxygens (including phenoxy) is 1. The van der Waals surface area contributed by atoms with Gasteiger partial charge in [-0.1, -0.05) is 30.3 Å². The molecule has 2 aliphatic heterocycles. The van der Waals surface area contributed by atoms with E-state index < -0.39 is 4.75 Å². The first-order valence-corrected chi connectivity index (χ1v) is 17.7. The maximum Gasteiger partial charge on any atom is 0.241 e. The first-order valence-electron chi connectivity index (χ1n) is 16.4. The number of likely N-dealkylation sites (tertiary alicyclic amines) is 1. The standard InChI is InChI=1S/C36H39N9O3S/c1-4-48-31-19-27(11-15-37-31)33-29-20-28(9-10-30(29)40-41-33)39-35(47)36(49-3)14-18-44(22-36)21-32(46)45-16-12-25(13-17-45)24-5-7-26(8-6-24)34-38-23-43(2)42-34/h5-12,15,19-20,23H,4,13-14,16-18,21-22H2,1-3H3,(H,39,47)(H,40,41). The number of carbonyl (C=O) groups is 2. The summed E-state index contributed by atoms with van der Waals surface area (Å²) in [4.78, 5) is 39.8. The van der Waals surface area contributed by atoms with Crippen molar-refractivity contribution in [3.05, 3.63) is 78.8 Å². The van der Waals surface area contributed by atoms with Crippen molar-refractivity contribution in [1.82, 2.24) is 39.7 Å². The van der Waals surface area contributed by atoms with Gasteiger partial charge in [0.05, 0.1) is 18.7 Å². The Morgan fingerprint density at radius 2 is 1.88 bits per heavy atom. The number of aromatic nitrogens is 6. The summed E-state index contributed by atoms with van der Waals surface area (Å²) in [5, 5.41) is 16.0. The van der Waals surface area contributed by atoms with Crippen LogP contribution in [0.25, 0.3) is 39.1 Å². The SMILES string of the molecule is CCOc1cc(-c2n[nH]c3ccc(NC(=O)C4(SC)CCN(CC(=O)N5CC=C(c6ccc(-c7ncn(C)n7)cc6)CC5)C4)cc23)ccn1.